The molecule has 27 heavy (non-hydrogen) atoms. The molecule has 7 heteroatoms. The summed E-state index contributed by atoms with van der Waals surface area (Å²) in [7, 11) is 0. The van der Waals surface area contributed by atoms with Crippen LogP contribution in [0.25, 0.3) is 0 Å². The van der Waals surface area contributed by atoms with E-state index in [2.05, 4.69) is 28.9 Å². The molecule has 0 N–H and O–H groups in total. The Morgan fingerprint density at radius 2 is 2.11 bits per heavy atom. The van der Waals surface area contributed by atoms with Crippen molar-refractivity contribution in [3.05, 3.63) is 45.5 Å². The van der Waals surface area contributed by atoms with Crippen LogP contribution in [0.1, 0.15) is 55.3 Å². The Balaban J connectivity index is 1.32. The number of piperidine rings is 1. The van der Waals surface area contributed by atoms with Crippen LogP contribution in [0, 0.1) is 5.92 Å². The Kier molecular flexibility index (Phi) is 5.41. The number of hydrogen-bond donors (Lipinski definition) is 0. The van der Waals surface area contributed by atoms with Crippen molar-refractivity contribution in [2.75, 3.05) is 19.7 Å². The summed E-state index contributed by atoms with van der Waals surface area (Å²) in [6.45, 7) is 9.05. The van der Waals surface area contributed by atoms with Crippen molar-refractivity contribution < 1.29 is 9.26 Å². The highest BCUT2D eigenvalue weighted by molar-refractivity contribution is 5.23. The van der Waals surface area contributed by atoms with Gasteiger partial charge in [-0.15, -0.1) is 0 Å². The standard InChI is InChI=1S/C20H28N4O3/c1-14(2)17-9-20(25)24(13-21-17)10-15-3-6-23(7-4-15)11-18-16-12-26-8-5-19(16)27-22-18/h9,13-15H,3-8,10-12H2,1-2H3. The maximum absolute atomic E-state index is 12.3. The fraction of sp³-hybridized carbons (Fsp3) is 0.650. The zero-order chi connectivity index (χ0) is 18.8. The SMILES string of the molecule is CC(C)c1cc(=O)n(CC2CCN(Cc3noc4c3COCC4)CC2)cn1. The highest BCUT2D eigenvalue weighted by atomic mass is 16.5. The lowest BCUT2D eigenvalue weighted by Gasteiger charge is -2.31. The molecule has 7 nitrogen and oxygen atoms in total. The molecule has 0 aliphatic carbocycles. The maximum atomic E-state index is 12.3. The fourth-order valence-electron chi connectivity index (χ4n) is 3.91. The summed E-state index contributed by atoms with van der Waals surface area (Å²) in [4.78, 5) is 19.2. The van der Waals surface area contributed by atoms with Crippen molar-refractivity contribution in [2.24, 2.45) is 5.92 Å². The van der Waals surface area contributed by atoms with Gasteiger partial charge in [0.05, 0.1) is 25.2 Å². The Morgan fingerprint density at radius 3 is 2.85 bits per heavy atom. The van der Waals surface area contributed by atoms with Gasteiger partial charge in [-0.3, -0.25) is 14.3 Å². The van der Waals surface area contributed by atoms with E-state index < -0.39 is 0 Å². The van der Waals surface area contributed by atoms with Crippen molar-refractivity contribution in [1.29, 1.82) is 0 Å². The molecule has 0 spiro atoms. The average Bonchev–Trinajstić information content (AvgIpc) is 3.08. The molecule has 1 fully saturated rings. The van der Waals surface area contributed by atoms with Crippen LogP contribution in [0.15, 0.2) is 21.7 Å². The first-order chi connectivity index (χ1) is 13.1. The second kappa shape index (κ2) is 7.94. The van der Waals surface area contributed by atoms with Crippen LogP contribution in [-0.4, -0.2) is 39.3 Å². The van der Waals surface area contributed by atoms with Crippen LogP contribution in [0.4, 0.5) is 0 Å². The summed E-state index contributed by atoms with van der Waals surface area (Å²) in [5.41, 5.74) is 3.09. The monoisotopic (exact) mass is 372 g/mol. The highest BCUT2D eigenvalue weighted by Crippen LogP contribution is 2.24. The molecule has 0 saturated carbocycles. The highest BCUT2D eigenvalue weighted by Gasteiger charge is 2.24. The number of ether oxygens (including phenoxy) is 1. The topological polar surface area (TPSA) is 73.4 Å². The number of likely N-dealkylation sites (tertiary alicyclic amines) is 1. The summed E-state index contributed by atoms with van der Waals surface area (Å²) < 4.78 is 12.8. The van der Waals surface area contributed by atoms with Gasteiger partial charge in [-0.05, 0) is 37.8 Å². The van der Waals surface area contributed by atoms with Gasteiger partial charge in [-0.25, -0.2) is 4.98 Å². The number of fused-ring (bicyclic) bond motifs is 1. The molecule has 4 rings (SSSR count). The number of aromatic nitrogens is 3. The second-order valence-corrected chi connectivity index (χ2v) is 8.01. The molecule has 0 atom stereocenters. The van der Waals surface area contributed by atoms with Gasteiger partial charge in [0.15, 0.2) is 0 Å². The van der Waals surface area contributed by atoms with Crippen molar-refractivity contribution in [2.45, 2.75) is 58.7 Å². The predicted octanol–water partition coefficient (Wildman–Crippen LogP) is 2.34. The zero-order valence-corrected chi connectivity index (χ0v) is 16.2. The third-order valence-corrected chi connectivity index (χ3v) is 5.70. The van der Waals surface area contributed by atoms with Gasteiger partial charge in [-0.2, -0.15) is 0 Å². The average molecular weight is 372 g/mol. The van der Waals surface area contributed by atoms with Crippen LogP contribution in [0.5, 0.6) is 0 Å². The second-order valence-electron chi connectivity index (χ2n) is 8.01. The van der Waals surface area contributed by atoms with Gasteiger partial charge in [0, 0.05) is 31.1 Å². The minimum Gasteiger partial charge on any atom is -0.376 e. The third-order valence-electron chi connectivity index (χ3n) is 5.70. The van der Waals surface area contributed by atoms with Crippen LogP contribution >= 0.6 is 0 Å². The lowest BCUT2D eigenvalue weighted by molar-refractivity contribution is 0.102. The molecule has 2 aliphatic rings. The van der Waals surface area contributed by atoms with Gasteiger partial charge >= 0.3 is 0 Å². The van der Waals surface area contributed by atoms with Crippen LogP contribution < -0.4 is 5.56 Å². The van der Waals surface area contributed by atoms with Crippen molar-refractivity contribution in [3.8, 4) is 0 Å². The molecule has 0 aromatic carbocycles. The van der Waals surface area contributed by atoms with E-state index in [-0.39, 0.29) is 11.5 Å². The largest absolute Gasteiger partial charge is 0.376 e. The lowest BCUT2D eigenvalue weighted by atomic mass is 9.96. The molecular formula is C20H28N4O3. The smallest absolute Gasteiger partial charge is 0.253 e. The molecule has 2 aliphatic heterocycles. The van der Waals surface area contributed by atoms with Crippen LogP contribution in [-0.2, 0) is 30.9 Å². The van der Waals surface area contributed by atoms with E-state index in [0.29, 0.717) is 12.5 Å². The van der Waals surface area contributed by atoms with E-state index in [0.717, 1.165) is 74.8 Å². The van der Waals surface area contributed by atoms with E-state index >= 15 is 0 Å². The summed E-state index contributed by atoms with van der Waals surface area (Å²) >= 11 is 0. The Bertz CT molecular complexity index is 834. The van der Waals surface area contributed by atoms with Gasteiger partial charge in [-0.1, -0.05) is 19.0 Å². The molecule has 1 saturated heterocycles. The quantitative estimate of drug-likeness (QED) is 0.802. The summed E-state index contributed by atoms with van der Waals surface area (Å²) in [5.74, 6) is 1.78. The summed E-state index contributed by atoms with van der Waals surface area (Å²) in [6.07, 6.45) is 4.69. The molecular weight excluding hydrogens is 344 g/mol. The summed E-state index contributed by atoms with van der Waals surface area (Å²) in [6, 6.07) is 1.68. The van der Waals surface area contributed by atoms with E-state index in [1.54, 1.807) is 17.0 Å². The van der Waals surface area contributed by atoms with Crippen molar-refractivity contribution >= 4 is 0 Å². The van der Waals surface area contributed by atoms with Crippen molar-refractivity contribution in [3.63, 3.8) is 0 Å². The van der Waals surface area contributed by atoms with E-state index in [4.69, 9.17) is 9.26 Å². The number of nitrogens with zero attached hydrogens (tertiary/aromatic N) is 4. The number of hydrogen-bond acceptors (Lipinski definition) is 6. The van der Waals surface area contributed by atoms with Crippen molar-refractivity contribution in [1.82, 2.24) is 19.6 Å². The van der Waals surface area contributed by atoms with Gasteiger partial charge in [0.2, 0.25) is 0 Å². The Labute approximate surface area is 159 Å². The Hall–Kier alpha value is -1.99. The minimum absolute atomic E-state index is 0.0605. The van der Waals surface area contributed by atoms with E-state index in [1.165, 1.54) is 0 Å². The zero-order valence-electron chi connectivity index (χ0n) is 16.2. The fourth-order valence-corrected chi connectivity index (χ4v) is 3.91. The first-order valence-corrected chi connectivity index (χ1v) is 9.93. The number of rotatable bonds is 5. The van der Waals surface area contributed by atoms with Crippen LogP contribution in [0.2, 0.25) is 0 Å². The van der Waals surface area contributed by atoms with E-state index in [9.17, 15) is 4.79 Å². The first kappa shape index (κ1) is 18.4. The van der Waals surface area contributed by atoms with Gasteiger partial charge in [0.1, 0.15) is 11.5 Å². The molecule has 0 bridgehead atoms. The molecule has 0 amide bonds. The molecule has 2 aromatic rings. The van der Waals surface area contributed by atoms with Gasteiger partial charge < -0.3 is 9.26 Å². The Morgan fingerprint density at radius 1 is 1.30 bits per heavy atom. The first-order valence-electron chi connectivity index (χ1n) is 9.93. The third kappa shape index (κ3) is 4.14. The molecule has 0 unspecified atom stereocenters. The lowest BCUT2D eigenvalue weighted by Crippen LogP contribution is -2.36. The van der Waals surface area contributed by atoms with E-state index in [1.807, 2.05) is 0 Å². The molecule has 146 valence electrons. The summed E-state index contributed by atoms with van der Waals surface area (Å²) in [5, 5.41) is 4.26. The van der Waals surface area contributed by atoms with Crippen LogP contribution in [0.3, 0.4) is 0 Å². The minimum atomic E-state index is 0.0605. The molecule has 2 aromatic heterocycles. The normalized spacial score (nSPS) is 18.8. The van der Waals surface area contributed by atoms with Gasteiger partial charge in [0.25, 0.3) is 5.56 Å². The maximum Gasteiger partial charge on any atom is 0.253 e. The molecule has 0 radical (unpaired) electrons. The molecule has 4 heterocycles. The predicted molar refractivity (Wildman–Crippen MR) is 100 cm³/mol.